The van der Waals surface area contributed by atoms with E-state index < -0.39 is 10.0 Å². The largest absolute Gasteiger partial charge is 0.392 e. The van der Waals surface area contributed by atoms with Crippen LogP contribution in [-0.4, -0.2) is 23.5 Å². The highest BCUT2D eigenvalue weighted by atomic mass is 35.5. The Hall–Kier alpha value is -1.54. The van der Waals surface area contributed by atoms with Gasteiger partial charge in [0, 0.05) is 6.20 Å². The van der Waals surface area contributed by atoms with Gasteiger partial charge in [-0.3, -0.25) is 0 Å². The summed E-state index contributed by atoms with van der Waals surface area (Å²) in [6.07, 6.45) is 2.86. The van der Waals surface area contributed by atoms with Gasteiger partial charge in [0.25, 0.3) is 0 Å². The highest BCUT2D eigenvalue weighted by Gasteiger charge is 2.18. The molecule has 1 heterocycles. The Balaban J connectivity index is 2.22. The zero-order valence-electron chi connectivity index (χ0n) is 10.3. The lowest BCUT2D eigenvalue weighted by atomic mass is 10.2. The third-order valence-electron chi connectivity index (χ3n) is 2.55. The fourth-order valence-electron chi connectivity index (χ4n) is 1.52. The Labute approximate surface area is 121 Å². The minimum Gasteiger partial charge on any atom is -0.392 e. The monoisotopic (exact) mass is 313 g/mol. The molecule has 8 heteroatoms. The Morgan fingerprint density at radius 2 is 2.10 bits per heavy atom. The highest BCUT2D eigenvalue weighted by Crippen LogP contribution is 2.22. The lowest BCUT2D eigenvalue weighted by Gasteiger charge is -2.09. The fraction of sp³-hybridized carbons (Fsp3) is 0.167. The molecule has 20 heavy (non-hydrogen) atoms. The van der Waals surface area contributed by atoms with E-state index in [4.69, 9.17) is 16.7 Å². The molecule has 106 valence electrons. The SMILES string of the molecule is O=S(=O)(NCc1ccncn1)c1cc(CO)ccc1Cl. The highest BCUT2D eigenvalue weighted by molar-refractivity contribution is 7.89. The molecular weight excluding hydrogens is 302 g/mol. The smallest absolute Gasteiger partial charge is 0.242 e. The molecule has 0 aliphatic rings. The fourth-order valence-corrected chi connectivity index (χ4v) is 3.07. The van der Waals surface area contributed by atoms with Crippen molar-refractivity contribution < 1.29 is 13.5 Å². The van der Waals surface area contributed by atoms with Crippen molar-refractivity contribution in [3.05, 3.63) is 53.1 Å². The summed E-state index contributed by atoms with van der Waals surface area (Å²) in [7, 11) is -3.78. The lowest BCUT2D eigenvalue weighted by Crippen LogP contribution is -2.24. The predicted molar refractivity (Wildman–Crippen MR) is 73.4 cm³/mol. The number of aliphatic hydroxyl groups is 1. The van der Waals surface area contributed by atoms with E-state index in [2.05, 4.69) is 14.7 Å². The van der Waals surface area contributed by atoms with Crippen LogP contribution in [-0.2, 0) is 23.2 Å². The minimum atomic E-state index is -3.78. The lowest BCUT2D eigenvalue weighted by molar-refractivity contribution is 0.281. The second-order valence-electron chi connectivity index (χ2n) is 3.95. The van der Waals surface area contributed by atoms with E-state index in [0.717, 1.165) is 0 Å². The van der Waals surface area contributed by atoms with Gasteiger partial charge in [-0.2, -0.15) is 0 Å². The first kappa shape index (κ1) is 14.9. The van der Waals surface area contributed by atoms with Gasteiger partial charge in [0.1, 0.15) is 11.2 Å². The first-order chi connectivity index (χ1) is 9.53. The second kappa shape index (κ2) is 6.27. The Kier molecular flexibility index (Phi) is 4.66. The normalized spacial score (nSPS) is 11.5. The van der Waals surface area contributed by atoms with E-state index in [0.29, 0.717) is 11.3 Å². The van der Waals surface area contributed by atoms with Crippen molar-refractivity contribution in [3.63, 3.8) is 0 Å². The first-order valence-corrected chi connectivity index (χ1v) is 7.53. The maximum Gasteiger partial charge on any atom is 0.242 e. The van der Waals surface area contributed by atoms with E-state index in [1.165, 1.54) is 24.7 Å². The number of rotatable bonds is 5. The quantitative estimate of drug-likeness (QED) is 0.862. The molecule has 0 radical (unpaired) electrons. The van der Waals surface area contributed by atoms with Crippen LogP contribution < -0.4 is 4.72 Å². The summed E-state index contributed by atoms with van der Waals surface area (Å²) in [5.74, 6) is 0. The van der Waals surface area contributed by atoms with Gasteiger partial charge in [-0.15, -0.1) is 0 Å². The molecule has 0 bridgehead atoms. The molecule has 6 nitrogen and oxygen atoms in total. The van der Waals surface area contributed by atoms with E-state index in [-0.39, 0.29) is 23.1 Å². The number of hydrogen-bond acceptors (Lipinski definition) is 5. The summed E-state index contributed by atoms with van der Waals surface area (Å²) in [6.45, 7) is -0.226. The van der Waals surface area contributed by atoms with Crippen LogP contribution in [0.3, 0.4) is 0 Å². The molecule has 2 rings (SSSR count). The van der Waals surface area contributed by atoms with Crippen LogP contribution in [0, 0.1) is 0 Å². The van der Waals surface area contributed by atoms with Gasteiger partial charge in [0.15, 0.2) is 0 Å². The molecule has 0 saturated carbocycles. The van der Waals surface area contributed by atoms with Gasteiger partial charge in [-0.05, 0) is 23.8 Å². The van der Waals surface area contributed by atoms with Crippen molar-refractivity contribution in [3.8, 4) is 0 Å². The van der Waals surface area contributed by atoms with Crippen molar-refractivity contribution >= 4 is 21.6 Å². The van der Waals surface area contributed by atoms with E-state index in [1.807, 2.05) is 0 Å². The molecule has 2 N–H and O–H groups in total. The Bertz CT molecular complexity index is 692. The summed E-state index contributed by atoms with van der Waals surface area (Å²) in [6, 6.07) is 5.94. The van der Waals surface area contributed by atoms with Crippen molar-refractivity contribution in [2.45, 2.75) is 18.0 Å². The van der Waals surface area contributed by atoms with Gasteiger partial charge in [0.2, 0.25) is 10.0 Å². The van der Waals surface area contributed by atoms with Crippen LogP contribution in [0.1, 0.15) is 11.3 Å². The van der Waals surface area contributed by atoms with Crippen LogP contribution in [0.15, 0.2) is 41.7 Å². The summed E-state index contributed by atoms with van der Waals surface area (Å²) in [5.41, 5.74) is 1.01. The third kappa shape index (κ3) is 3.51. The van der Waals surface area contributed by atoms with Crippen molar-refractivity contribution in [2.75, 3.05) is 0 Å². The molecule has 0 saturated heterocycles. The predicted octanol–water partition coefficient (Wildman–Crippen LogP) is 1.10. The number of halogens is 1. The number of nitrogens with one attached hydrogen (secondary N) is 1. The van der Waals surface area contributed by atoms with Crippen LogP contribution in [0.4, 0.5) is 0 Å². The minimum absolute atomic E-state index is 0.0323. The zero-order valence-corrected chi connectivity index (χ0v) is 11.9. The maximum atomic E-state index is 12.2. The summed E-state index contributed by atoms with van der Waals surface area (Å²) < 4.78 is 26.7. The third-order valence-corrected chi connectivity index (χ3v) is 4.44. The average Bonchev–Trinajstić information content (AvgIpc) is 2.47. The van der Waals surface area contributed by atoms with Crippen molar-refractivity contribution in [1.82, 2.24) is 14.7 Å². The molecule has 0 unspecified atom stereocenters. The Morgan fingerprint density at radius 1 is 1.30 bits per heavy atom. The second-order valence-corrected chi connectivity index (χ2v) is 6.09. The number of nitrogens with zero attached hydrogens (tertiary/aromatic N) is 2. The molecule has 0 spiro atoms. The topological polar surface area (TPSA) is 92.2 Å². The van der Waals surface area contributed by atoms with Crippen LogP contribution in [0.25, 0.3) is 0 Å². The molecule has 1 aromatic heterocycles. The molecule has 0 amide bonds. The van der Waals surface area contributed by atoms with Gasteiger partial charge >= 0.3 is 0 Å². The van der Waals surface area contributed by atoms with Crippen LogP contribution >= 0.6 is 11.6 Å². The van der Waals surface area contributed by atoms with Crippen molar-refractivity contribution in [2.24, 2.45) is 0 Å². The van der Waals surface area contributed by atoms with Crippen LogP contribution in [0.5, 0.6) is 0 Å². The van der Waals surface area contributed by atoms with E-state index in [9.17, 15) is 8.42 Å². The molecule has 0 aliphatic heterocycles. The number of aliphatic hydroxyl groups excluding tert-OH is 1. The molecule has 2 aromatic rings. The number of benzene rings is 1. The van der Waals surface area contributed by atoms with Gasteiger partial charge < -0.3 is 5.11 Å². The van der Waals surface area contributed by atoms with Crippen molar-refractivity contribution in [1.29, 1.82) is 0 Å². The van der Waals surface area contributed by atoms with E-state index >= 15 is 0 Å². The summed E-state index contributed by atoms with van der Waals surface area (Å²) >= 11 is 5.89. The van der Waals surface area contributed by atoms with Gasteiger partial charge in [-0.1, -0.05) is 17.7 Å². The van der Waals surface area contributed by atoms with Crippen LogP contribution in [0.2, 0.25) is 5.02 Å². The zero-order chi connectivity index (χ0) is 14.6. The number of aromatic nitrogens is 2. The van der Waals surface area contributed by atoms with Gasteiger partial charge in [0.05, 0.1) is 23.9 Å². The molecule has 0 fully saturated rings. The molecule has 0 atom stereocenters. The summed E-state index contributed by atoms with van der Waals surface area (Å²) in [4.78, 5) is 7.60. The maximum absolute atomic E-state index is 12.2. The number of sulfonamides is 1. The molecule has 1 aromatic carbocycles. The standard InChI is InChI=1S/C12H12ClN3O3S/c13-11-2-1-9(7-17)5-12(11)20(18,19)16-6-10-3-4-14-8-15-10/h1-5,8,16-17H,6-7H2. The first-order valence-electron chi connectivity index (χ1n) is 5.67. The average molecular weight is 314 g/mol. The Morgan fingerprint density at radius 3 is 2.75 bits per heavy atom. The van der Waals surface area contributed by atoms with E-state index in [1.54, 1.807) is 12.1 Å². The molecular formula is C12H12ClN3O3S. The molecule has 0 aliphatic carbocycles. The summed E-state index contributed by atoms with van der Waals surface area (Å²) in [5, 5.41) is 9.15. The number of hydrogen-bond donors (Lipinski definition) is 2. The van der Waals surface area contributed by atoms with Gasteiger partial charge in [-0.25, -0.2) is 23.1 Å².